The predicted octanol–water partition coefficient (Wildman–Crippen LogP) is 1.85. The lowest BCUT2D eigenvalue weighted by Crippen LogP contribution is -1.91. The van der Waals surface area contributed by atoms with Gasteiger partial charge in [-0.25, -0.2) is 9.38 Å². The van der Waals surface area contributed by atoms with Crippen molar-refractivity contribution in [3.8, 4) is 0 Å². The summed E-state index contributed by atoms with van der Waals surface area (Å²) in [6.07, 6.45) is 0. The van der Waals surface area contributed by atoms with Crippen LogP contribution in [-0.2, 0) is 4.79 Å². The van der Waals surface area contributed by atoms with Gasteiger partial charge in [-0.05, 0) is 24.3 Å². The molecule has 2 nitrogen and oxygen atoms in total. The number of carbonyl (C=O) groups excluding carboxylic acids is 1. The third kappa shape index (κ3) is 1.78. The number of thioether (sulfide) groups is 1. The molecule has 0 N–H and O–H groups in total. The monoisotopic (exact) mass is 195 g/mol. The molecule has 1 aliphatic heterocycles. The number of amides is 1. The summed E-state index contributed by atoms with van der Waals surface area (Å²) in [6, 6.07) is 5.97. The van der Waals surface area contributed by atoms with Gasteiger partial charge in [0, 0.05) is 5.56 Å². The van der Waals surface area contributed by atoms with Gasteiger partial charge in [0.15, 0.2) is 0 Å². The molecule has 0 saturated heterocycles. The van der Waals surface area contributed by atoms with Gasteiger partial charge in [0.05, 0.1) is 5.75 Å². The molecule has 1 amide bonds. The highest BCUT2D eigenvalue weighted by molar-refractivity contribution is 8.15. The molecule has 1 aromatic carbocycles. The van der Waals surface area contributed by atoms with Crippen LogP contribution in [0.1, 0.15) is 5.56 Å². The van der Waals surface area contributed by atoms with Gasteiger partial charge in [-0.2, -0.15) is 0 Å². The predicted molar refractivity (Wildman–Crippen MR) is 50.4 cm³/mol. The van der Waals surface area contributed by atoms with Crippen molar-refractivity contribution < 1.29 is 9.18 Å². The molecule has 0 atom stereocenters. The normalized spacial score (nSPS) is 16.1. The molecule has 1 aliphatic rings. The Hall–Kier alpha value is -1.16. The van der Waals surface area contributed by atoms with Crippen LogP contribution >= 0.6 is 11.8 Å². The van der Waals surface area contributed by atoms with Crippen molar-refractivity contribution in [2.24, 2.45) is 4.99 Å². The Labute approximate surface area is 78.9 Å². The molecule has 0 spiro atoms. The fraction of sp³-hybridized carbons (Fsp3) is 0.111. The molecule has 0 radical (unpaired) electrons. The van der Waals surface area contributed by atoms with E-state index in [9.17, 15) is 9.18 Å². The van der Waals surface area contributed by atoms with Gasteiger partial charge in [-0.15, -0.1) is 0 Å². The second-order valence-corrected chi connectivity index (χ2v) is 3.57. The summed E-state index contributed by atoms with van der Waals surface area (Å²) in [4.78, 5) is 14.6. The van der Waals surface area contributed by atoms with Crippen LogP contribution in [-0.4, -0.2) is 16.7 Å². The molecule has 0 aromatic heterocycles. The van der Waals surface area contributed by atoms with Gasteiger partial charge in [0.1, 0.15) is 10.9 Å². The molecule has 1 aromatic rings. The van der Waals surface area contributed by atoms with Crippen molar-refractivity contribution in [1.29, 1.82) is 0 Å². The van der Waals surface area contributed by atoms with Crippen molar-refractivity contribution in [3.05, 3.63) is 35.6 Å². The summed E-state index contributed by atoms with van der Waals surface area (Å²) in [5.41, 5.74) is 0.803. The maximum Gasteiger partial charge on any atom is 0.257 e. The van der Waals surface area contributed by atoms with Gasteiger partial charge in [0.25, 0.3) is 5.91 Å². The van der Waals surface area contributed by atoms with E-state index >= 15 is 0 Å². The third-order valence-corrected chi connectivity index (χ3v) is 2.64. The maximum atomic E-state index is 12.5. The van der Waals surface area contributed by atoms with Gasteiger partial charge < -0.3 is 0 Å². The molecule has 0 fully saturated rings. The molecule has 4 heteroatoms. The van der Waals surface area contributed by atoms with E-state index in [1.165, 1.54) is 23.9 Å². The Kier molecular flexibility index (Phi) is 2.14. The highest BCUT2D eigenvalue weighted by Crippen LogP contribution is 2.19. The van der Waals surface area contributed by atoms with Gasteiger partial charge in [-0.3, -0.25) is 4.79 Å². The summed E-state index contributed by atoms with van der Waals surface area (Å²) in [5.74, 6) is -0.00446. The largest absolute Gasteiger partial charge is 0.272 e. The van der Waals surface area contributed by atoms with Gasteiger partial charge in [-0.1, -0.05) is 11.8 Å². The molecule has 13 heavy (non-hydrogen) atoms. The number of benzene rings is 1. The van der Waals surface area contributed by atoms with Gasteiger partial charge >= 0.3 is 0 Å². The van der Waals surface area contributed by atoms with Crippen molar-refractivity contribution in [1.82, 2.24) is 0 Å². The third-order valence-electron chi connectivity index (χ3n) is 1.65. The minimum atomic E-state index is -0.279. The van der Waals surface area contributed by atoms with Crippen LogP contribution in [0.25, 0.3) is 0 Å². The van der Waals surface area contributed by atoms with Crippen LogP contribution in [0.2, 0.25) is 0 Å². The smallest absolute Gasteiger partial charge is 0.257 e. The number of halogens is 1. The van der Waals surface area contributed by atoms with Crippen LogP contribution in [0.3, 0.4) is 0 Å². The zero-order valence-corrected chi connectivity index (χ0v) is 7.47. The standard InChI is InChI=1S/C9H6FNOS/c10-7-3-1-6(2-4-7)9-11-8(12)5-13-9/h1-4H,5H2. The Balaban J connectivity index is 2.31. The quantitative estimate of drug-likeness (QED) is 0.684. The van der Waals surface area contributed by atoms with E-state index in [1.54, 1.807) is 12.1 Å². The van der Waals surface area contributed by atoms with E-state index in [4.69, 9.17) is 0 Å². The van der Waals surface area contributed by atoms with Crippen molar-refractivity contribution >= 4 is 22.7 Å². The molecule has 0 aliphatic carbocycles. The lowest BCUT2D eigenvalue weighted by molar-refractivity contribution is -0.115. The van der Waals surface area contributed by atoms with Crippen molar-refractivity contribution in [2.75, 3.05) is 5.75 Å². The number of hydrogen-bond donors (Lipinski definition) is 0. The molecule has 1 heterocycles. The first-order valence-corrected chi connectivity index (χ1v) is 4.74. The van der Waals surface area contributed by atoms with Crippen LogP contribution in [0.4, 0.5) is 4.39 Å². The molecule has 0 bridgehead atoms. The SMILES string of the molecule is O=C1CSC(c2ccc(F)cc2)=N1. The molecular formula is C9H6FNOS. The van der Waals surface area contributed by atoms with E-state index < -0.39 is 0 Å². The number of hydrogen-bond acceptors (Lipinski definition) is 2. The lowest BCUT2D eigenvalue weighted by atomic mass is 10.2. The topological polar surface area (TPSA) is 29.4 Å². The first-order valence-electron chi connectivity index (χ1n) is 3.76. The maximum absolute atomic E-state index is 12.5. The van der Waals surface area contributed by atoms with E-state index in [-0.39, 0.29) is 11.7 Å². The lowest BCUT2D eigenvalue weighted by Gasteiger charge is -1.97. The van der Waals surface area contributed by atoms with E-state index in [2.05, 4.69) is 4.99 Å². The molecule has 66 valence electrons. The Bertz CT molecular complexity index is 372. The number of aliphatic imine (C=N–C) groups is 1. The van der Waals surface area contributed by atoms with Crippen LogP contribution in [0.15, 0.2) is 29.3 Å². The first kappa shape index (κ1) is 8.44. The fourth-order valence-corrected chi connectivity index (χ4v) is 1.84. The van der Waals surface area contributed by atoms with Crippen LogP contribution in [0, 0.1) is 5.82 Å². The summed E-state index contributed by atoms with van der Waals surface area (Å²) >= 11 is 1.39. The summed E-state index contributed by atoms with van der Waals surface area (Å²) in [5, 5.41) is 0.685. The Morgan fingerprint density at radius 2 is 2.00 bits per heavy atom. The van der Waals surface area contributed by atoms with E-state index in [0.717, 1.165) is 5.56 Å². The van der Waals surface area contributed by atoms with Crippen LogP contribution in [0.5, 0.6) is 0 Å². The Morgan fingerprint density at radius 3 is 2.54 bits per heavy atom. The zero-order valence-electron chi connectivity index (χ0n) is 6.66. The second kappa shape index (κ2) is 3.30. The number of rotatable bonds is 1. The first-order chi connectivity index (χ1) is 6.25. The average molecular weight is 195 g/mol. The molecular weight excluding hydrogens is 189 g/mol. The summed E-state index contributed by atoms with van der Waals surface area (Å²) in [7, 11) is 0. The van der Waals surface area contributed by atoms with Crippen molar-refractivity contribution in [2.45, 2.75) is 0 Å². The molecule has 0 saturated carbocycles. The minimum Gasteiger partial charge on any atom is -0.272 e. The second-order valence-electron chi connectivity index (χ2n) is 2.61. The minimum absolute atomic E-state index is 0.121. The molecule has 0 unspecified atom stereocenters. The van der Waals surface area contributed by atoms with Crippen molar-refractivity contribution in [3.63, 3.8) is 0 Å². The summed E-state index contributed by atoms with van der Waals surface area (Å²) < 4.78 is 12.5. The average Bonchev–Trinajstić information content (AvgIpc) is 2.53. The van der Waals surface area contributed by atoms with Crippen LogP contribution < -0.4 is 0 Å². The highest BCUT2D eigenvalue weighted by atomic mass is 32.2. The highest BCUT2D eigenvalue weighted by Gasteiger charge is 2.15. The summed E-state index contributed by atoms with van der Waals surface area (Å²) in [6.45, 7) is 0. The number of nitrogens with zero attached hydrogens (tertiary/aromatic N) is 1. The Morgan fingerprint density at radius 1 is 1.31 bits per heavy atom. The van der Waals surface area contributed by atoms with E-state index in [0.29, 0.717) is 10.8 Å². The van der Waals surface area contributed by atoms with E-state index in [1.807, 2.05) is 0 Å². The zero-order chi connectivity index (χ0) is 9.26. The number of carbonyl (C=O) groups is 1. The molecule has 2 rings (SSSR count). The van der Waals surface area contributed by atoms with Gasteiger partial charge in [0.2, 0.25) is 0 Å². The fourth-order valence-electron chi connectivity index (χ4n) is 1.05.